The summed E-state index contributed by atoms with van der Waals surface area (Å²) >= 11 is 0. The van der Waals surface area contributed by atoms with Gasteiger partial charge in [0.05, 0.1) is 6.54 Å². The van der Waals surface area contributed by atoms with Crippen LogP contribution in [0, 0.1) is 0 Å². The zero-order valence-corrected chi connectivity index (χ0v) is 13.3. The minimum absolute atomic E-state index is 0.0728. The second-order valence-corrected chi connectivity index (χ2v) is 5.76. The van der Waals surface area contributed by atoms with Crippen LogP contribution in [0.2, 0.25) is 0 Å². The fourth-order valence-corrected chi connectivity index (χ4v) is 2.36. The van der Waals surface area contributed by atoms with Gasteiger partial charge in [-0.25, -0.2) is 0 Å². The first-order chi connectivity index (χ1) is 11.6. The fraction of sp³-hybridized carbons (Fsp3) is 0.158. The van der Waals surface area contributed by atoms with Gasteiger partial charge in [0, 0.05) is 11.6 Å². The summed E-state index contributed by atoms with van der Waals surface area (Å²) in [7, 11) is 0. The van der Waals surface area contributed by atoms with E-state index in [1.165, 1.54) is 0 Å². The van der Waals surface area contributed by atoms with E-state index in [1.54, 1.807) is 13.0 Å². The van der Waals surface area contributed by atoms with Crippen molar-refractivity contribution in [2.24, 2.45) is 0 Å². The predicted molar refractivity (Wildman–Crippen MR) is 90.3 cm³/mol. The summed E-state index contributed by atoms with van der Waals surface area (Å²) in [6.07, 6.45) is 0. The molecule has 0 fully saturated rings. The Kier molecular flexibility index (Phi) is 4.44. The van der Waals surface area contributed by atoms with Gasteiger partial charge in [-0.2, -0.15) is 0 Å². The third-order valence-corrected chi connectivity index (χ3v) is 3.79. The van der Waals surface area contributed by atoms with E-state index in [2.05, 4.69) is 10.5 Å². The highest BCUT2D eigenvalue weighted by Crippen LogP contribution is 2.21. The molecule has 0 aliphatic heterocycles. The summed E-state index contributed by atoms with van der Waals surface area (Å²) in [6.45, 7) is 1.73. The molecule has 3 rings (SSSR count). The number of benzene rings is 2. The number of nitrogens with one attached hydrogen (secondary N) is 1. The first-order valence-electron chi connectivity index (χ1n) is 7.64. The Bertz CT molecular complexity index is 811. The third-order valence-electron chi connectivity index (χ3n) is 3.79. The molecule has 5 nitrogen and oxygen atoms in total. The van der Waals surface area contributed by atoms with Gasteiger partial charge in [-0.3, -0.25) is 4.79 Å². The highest BCUT2D eigenvalue weighted by molar-refractivity contribution is 5.93. The van der Waals surface area contributed by atoms with Crippen molar-refractivity contribution in [2.45, 2.75) is 12.5 Å². The number of carbonyl (C=O) groups is 1. The minimum Gasteiger partial charge on any atom is -0.384 e. The Balaban J connectivity index is 1.67. The second-order valence-electron chi connectivity index (χ2n) is 5.76. The van der Waals surface area contributed by atoms with E-state index in [1.807, 2.05) is 60.7 Å². The Labute approximate surface area is 139 Å². The molecule has 0 spiro atoms. The van der Waals surface area contributed by atoms with Crippen LogP contribution >= 0.6 is 0 Å². The zero-order chi connectivity index (χ0) is 17.0. The number of rotatable bonds is 5. The number of aliphatic hydroxyl groups is 1. The van der Waals surface area contributed by atoms with Gasteiger partial charge in [0.15, 0.2) is 11.5 Å². The predicted octanol–water partition coefficient (Wildman–Crippen LogP) is 2.98. The van der Waals surface area contributed by atoms with Crippen LogP contribution in [-0.4, -0.2) is 22.7 Å². The smallest absolute Gasteiger partial charge is 0.273 e. The average Bonchev–Trinajstić information content (AvgIpc) is 3.11. The van der Waals surface area contributed by atoms with Crippen molar-refractivity contribution in [3.8, 4) is 11.3 Å². The van der Waals surface area contributed by atoms with Gasteiger partial charge in [-0.05, 0) is 12.5 Å². The van der Waals surface area contributed by atoms with Crippen molar-refractivity contribution in [3.05, 3.63) is 78.0 Å². The largest absolute Gasteiger partial charge is 0.384 e. The summed E-state index contributed by atoms with van der Waals surface area (Å²) in [4.78, 5) is 12.2. The van der Waals surface area contributed by atoms with Gasteiger partial charge in [0.2, 0.25) is 0 Å². The Morgan fingerprint density at radius 3 is 2.42 bits per heavy atom. The van der Waals surface area contributed by atoms with Crippen LogP contribution in [0.3, 0.4) is 0 Å². The second kappa shape index (κ2) is 6.68. The maximum atomic E-state index is 12.2. The van der Waals surface area contributed by atoms with Crippen molar-refractivity contribution in [1.29, 1.82) is 0 Å². The lowest BCUT2D eigenvalue weighted by molar-refractivity contribution is 0.0524. The molecule has 1 amide bonds. The number of nitrogens with zero attached hydrogens (tertiary/aromatic N) is 1. The van der Waals surface area contributed by atoms with Crippen LogP contribution < -0.4 is 5.32 Å². The number of hydrogen-bond donors (Lipinski definition) is 2. The monoisotopic (exact) mass is 322 g/mol. The maximum absolute atomic E-state index is 12.2. The van der Waals surface area contributed by atoms with Crippen molar-refractivity contribution in [2.75, 3.05) is 6.54 Å². The van der Waals surface area contributed by atoms with Crippen molar-refractivity contribution >= 4 is 5.91 Å². The van der Waals surface area contributed by atoms with E-state index in [0.29, 0.717) is 5.76 Å². The topological polar surface area (TPSA) is 75.4 Å². The van der Waals surface area contributed by atoms with Gasteiger partial charge >= 0.3 is 0 Å². The Hall–Kier alpha value is -2.92. The molecule has 5 heteroatoms. The molecule has 24 heavy (non-hydrogen) atoms. The Morgan fingerprint density at radius 1 is 1.12 bits per heavy atom. The number of aromatic nitrogens is 1. The standard InChI is InChI=1S/C19H18N2O3/c1-19(23,15-10-6-3-7-11-15)13-20-18(22)16-12-17(24-21-16)14-8-4-2-5-9-14/h2-12,23H,13H2,1H3,(H,20,22). The summed E-state index contributed by atoms with van der Waals surface area (Å²) in [5.74, 6) is 0.132. The molecule has 1 unspecified atom stereocenters. The maximum Gasteiger partial charge on any atom is 0.273 e. The average molecular weight is 322 g/mol. The molecule has 0 bridgehead atoms. The number of carbonyl (C=O) groups excluding carboxylic acids is 1. The molecule has 1 atom stereocenters. The van der Waals surface area contributed by atoms with E-state index in [0.717, 1.165) is 11.1 Å². The lowest BCUT2D eigenvalue weighted by Gasteiger charge is -2.23. The van der Waals surface area contributed by atoms with Crippen LogP contribution in [0.1, 0.15) is 23.0 Å². The van der Waals surface area contributed by atoms with Gasteiger partial charge in [-0.15, -0.1) is 0 Å². The molecule has 0 saturated heterocycles. The number of hydrogen-bond acceptors (Lipinski definition) is 4. The molecule has 2 aromatic carbocycles. The van der Waals surface area contributed by atoms with Crippen molar-refractivity contribution in [3.63, 3.8) is 0 Å². The molecule has 122 valence electrons. The Morgan fingerprint density at radius 2 is 1.75 bits per heavy atom. The highest BCUT2D eigenvalue weighted by atomic mass is 16.5. The molecule has 0 aliphatic carbocycles. The molecule has 0 aliphatic rings. The SMILES string of the molecule is CC(O)(CNC(=O)c1cc(-c2ccccc2)on1)c1ccccc1. The molecule has 0 radical (unpaired) electrons. The molecule has 2 N–H and O–H groups in total. The van der Waals surface area contributed by atoms with Crippen molar-refractivity contribution in [1.82, 2.24) is 10.5 Å². The van der Waals surface area contributed by atoms with Gasteiger partial charge < -0.3 is 14.9 Å². The van der Waals surface area contributed by atoms with E-state index in [-0.39, 0.29) is 12.2 Å². The van der Waals surface area contributed by atoms with Crippen LogP contribution in [0.25, 0.3) is 11.3 Å². The molecule has 3 aromatic rings. The third kappa shape index (κ3) is 3.52. The zero-order valence-electron chi connectivity index (χ0n) is 13.3. The number of amides is 1. The van der Waals surface area contributed by atoms with Crippen molar-refractivity contribution < 1.29 is 14.4 Å². The summed E-state index contributed by atoms with van der Waals surface area (Å²) in [6, 6.07) is 20.2. The summed E-state index contributed by atoms with van der Waals surface area (Å²) in [5, 5.41) is 17.0. The van der Waals surface area contributed by atoms with Gasteiger partial charge in [-0.1, -0.05) is 65.8 Å². The van der Waals surface area contributed by atoms with Crippen LogP contribution in [0.5, 0.6) is 0 Å². The first kappa shape index (κ1) is 16.0. The highest BCUT2D eigenvalue weighted by Gasteiger charge is 2.24. The van der Waals surface area contributed by atoms with Crippen LogP contribution in [-0.2, 0) is 5.60 Å². The van der Waals surface area contributed by atoms with Crippen LogP contribution in [0.4, 0.5) is 0 Å². The summed E-state index contributed by atoms with van der Waals surface area (Å²) in [5.41, 5.74) is 0.594. The lowest BCUT2D eigenvalue weighted by Crippen LogP contribution is -2.38. The molecule has 0 saturated carbocycles. The molecular formula is C19H18N2O3. The van der Waals surface area contributed by atoms with Gasteiger partial charge in [0.25, 0.3) is 5.91 Å². The van der Waals surface area contributed by atoms with E-state index >= 15 is 0 Å². The lowest BCUT2D eigenvalue weighted by atomic mass is 9.96. The normalized spacial score (nSPS) is 13.2. The fourth-order valence-electron chi connectivity index (χ4n) is 2.36. The molecule has 1 heterocycles. The quantitative estimate of drug-likeness (QED) is 0.757. The van der Waals surface area contributed by atoms with Crippen LogP contribution in [0.15, 0.2) is 71.3 Å². The summed E-state index contributed by atoms with van der Waals surface area (Å²) < 4.78 is 5.22. The molecule has 1 aromatic heterocycles. The van der Waals surface area contributed by atoms with E-state index in [4.69, 9.17) is 4.52 Å². The van der Waals surface area contributed by atoms with E-state index < -0.39 is 11.5 Å². The van der Waals surface area contributed by atoms with Gasteiger partial charge in [0.1, 0.15) is 5.60 Å². The first-order valence-corrected chi connectivity index (χ1v) is 7.64. The molecular weight excluding hydrogens is 304 g/mol. The van der Waals surface area contributed by atoms with E-state index in [9.17, 15) is 9.90 Å². The minimum atomic E-state index is -1.16.